The third-order valence-electron chi connectivity index (χ3n) is 13.1. The van der Waals surface area contributed by atoms with Crippen molar-refractivity contribution in [3.05, 3.63) is 254 Å². The van der Waals surface area contributed by atoms with E-state index < -0.39 is 5.41 Å². The molecule has 5 aliphatic rings. The summed E-state index contributed by atoms with van der Waals surface area (Å²) in [5, 5.41) is 12.2. The first-order valence-electron chi connectivity index (χ1n) is 20.8. The van der Waals surface area contributed by atoms with Crippen molar-refractivity contribution in [1.82, 2.24) is 10.2 Å². The summed E-state index contributed by atoms with van der Waals surface area (Å²) < 4.78 is 0. The molecule has 2 unspecified atom stereocenters. The van der Waals surface area contributed by atoms with Gasteiger partial charge in [0.1, 0.15) is 0 Å². The normalized spacial score (nSPS) is 19.7. The van der Waals surface area contributed by atoms with Crippen LogP contribution in [-0.4, -0.2) is 11.9 Å². The Morgan fingerprint density at radius 2 is 1.34 bits per heavy atom. The van der Waals surface area contributed by atoms with Crippen molar-refractivity contribution in [2.75, 3.05) is 7.05 Å². The molecule has 2 aliphatic carbocycles. The lowest BCUT2D eigenvalue weighted by Gasteiger charge is -2.46. The molecule has 2 atom stereocenters. The Morgan fingerprint density at radius 1 is 0.661 bits per heavy atom. The van der Waals surface area contributed by atoms with Gasteiger partial charge < -0.3 is 15.5 Å². The molecule has 284 valence electrons. The van der Waals surface area contributed by atoms with E-state index in [9.17, 15) is 0 Å². The fourth-order valence-electron chi connectivity index (χ4n) is 10.8. The molecule has 7 aromatic carbocycles. The van der Waals surface area contributed by atoms with Gasteiger partial charge in [-0.1, -0.05) is 176 Å². The average molecular weight is 777 g/mol. The largest absolute Gasteiger partial charge is 0.666 e. The van der Waals surface area contributed by atoms with E-state index in [2.05, 4.69) is 199 Å². The highest BCUT2D eigenvalue weighted by Gasteiger charge is 2.53. The smallest absolute Gasteiger partial charge is 0.0698 e. The summed E-state index contributed by atoms with van der Waals surface area (Å²) >= 11 is 1.91. The van der Waals surface area contributed by atoms with Crippen LogP contribution in [0.15, 0.2) is 209 Å². The number of fused-ring (bicyclic) bond motifs is 10. The molecule has 0 radical (unpaired) electrons. The maximum absolute atomic E-state index is 5.70. The van der Waals surface area contributed by atoms with Gasteiger partial charge in [0.2, 0.25) is 0 Å². The molecular weight excluding hydrogens is 735 g/mol. The molecule has 59 heavy (non-hydrogen) atoms. The molecule has 0 saturated heterocycles. The van der Waals surface area contributed by atoms with Gasteiger partial charge >= 0.3 is 0 Å². The maximum Gasteiger partial charge on any atom is 0.0698 e. The summed E-state index contributed by atoms with van der Waals surface area (Å²) in [6, 6.07) is 60.7. The van der Waals surface area contributed by atoms with Crippen molar-refractivity contribution in [3.63, 3.8) is 0 Å². The van der Waals surface area contributed by atoms with Gasteiger partial charge in [-0.3, -0.25) is 0 Å². The second-order valence-corrected chi connectivity index (χ2v) is 17.5. The highest BCUT2D eigenvalue weighted by Crippen LogP contribution is 2.65. The monoisotopic (exact) mass is 776 g/mol. The lowest BCUT2D eigenvalue weighted by molar-refractivity contribution is 0.446. The predicted molar refractivity (Wildman–Crippen MR) is 243 cm³/mol. The molecule has 1 spiro atoms. The molecule has 0 amide bonds. The van der Waals surface area contributed by atoms with E-state index >= 15 is 0 Å². The second-order valence-electron chi connectivity index (χ2n) is 16.4. The van der Waals surface area contributed by atoms with Gasteiger partial charge in [-0.15, -0.1) is 5.70 Å². The van der Waals surface area contributed by atoms with Crippen LogP contribution in [0.5, 0.6) is 0 Å². The summed E-state index contributed by atoms with van der Waals surface area (Å²) in [6.07, 6.45) is 9.00. The Hall–Kier alpha value is -6.33. The summed E-state index contributed by atoms with van der Waals surface area (Å²) in [6.45, 7) is 0.894. The minimum atomic E-state index is -0.444. The molecule has 0 bridgehead atoms. The van der Waals surface area contributed by atoms with Crippen molar-refractivity contribution in [2.24, 2.45) is 0 Å². The fraction of sp³-hybridized carbons (Fsp3) is 0.127. The summed E-state index contributed by atoms with van der Waals surface area (Å²) in [4.78, 5) is 5.01. The molecule has 3 aliphatic heterocycles. The SMILES string of the molecule is CN1C=C(c2cccc3c2C2=C(CCC=C2C2=CC(c4cccc5ccccc45)NC(c4ccccc4)[N-]2)C32c3ccccc3Sc3ccccc32)c2ccccc2C1. The van der Waals surface area contributed by atoms with E-state index in [0.717, 1.165) is 30.6 Å². The van der Waals surface area contributed by atoms with Crippen molar-refractivity contribution in [1.29, 1.82) is 0 Å². The van der Waals surface area contributed by atoms with Crippen LogP contribution in [0, 0.1) is 0 Å². The standard InChI is InChI=1S/C55H42N3S/c1-58-33-37-19-6-8-22-39(37)43(34-58)41-24-14-28-46-52(41)53-42(25-15-29-47(53)55(46)44-26-9-11-30-50(44)59-51-31-12-10-27-45(51)55)49-32-48(56-54(57-49)36-17-3-2-4-18-36)40-23-13-20-35-16-5-7-21-38(35)40/h2-14,16-28,30-32,34,48,54,56H,15,29,33H2,1H3/q-1. The van der Waals surface area contributed by atoms with Crippen LogP contribution in [0.4, 0.5) is 0 Å². The van der Waals surface area contributed by atoms with E-state index in [0.29, 0.717) is 0 Å². The highest BCUT2D eigenvalue weighted by atomic mass is 32.2. The lowest BCUT2D eigenvalue weighted by atomic mass is 9.65. The van der Waals surface area contributed by atoms with Crippen molar-refractivity contribution >= 4 is 33.7 Å². The molecule has 0 aromatic heterocycles. The zero-order valence-corrected chi connectivity index (χ0v) is 33.7. The Bertz CT molecular complexity index is 2940. The summed E-state index contributed by atoms with van der Waals surface area (Å²) in [5.74, 6) is 0. The number of allylic oxidation sites excluding steroid dienone is 3. The summed E-state index contributed by atoms with van der Waals surface area (Å²) in [5.41, 5.74) is 17.9. The van der Waals surface area contributed by atoms with Gasteiger partial charge in [-0.2, -0.15) is 0 Å². The Morgan fingerprint density at radius 3 is 2.19 bits per heavy atom. The molecule has 12 rings (SSSR count). The third-order valence-corrected chi connectivity index (χ3v) is 14.3. The number of nitrogens with zero attached hydrogens (tertiary/aromatic N) is 2. The van der Waals surface area contributed by atoms with Gasteiger partial charge in [0.25, 0.3) is 0 Å². The second kappa shape index (κ2) is 13.6. The van der Waals surface area contributed by atoms with E-state index in [1.807, 2.05) is 11.8 Å². The fourth-order valence-corrected chi connectivity index (χ4v) is 12.0. The van der Waals surface area contributed by atoms with Gasteiger partial charge in [-0.25, -0.2) is 0 Å². The van der Waals surface area contributed by atoms with Crippen LogP contribution in [0.2, 0.25) is 0 Å². The first-order chi connectivity index (χ1) is 29.2. The minimum absolute atomic E-state index is 0.0510. The van der Waals surface area contributed by atoms with Crippen LogP contribution in [0.3, 0.4) is 0 Å². The van der Waals surface area contributed by atoms with E-state index in [-0.39, 0.29) is 12.2 Å². The first kappa shape index (κ1) is 34.7. The molecule has 3 heterocycles. The Kier molecular flexibility index (Phi) is 8.01. The number of nitrogens with one attached hydrogen (secondary N) is 1. The van der Waals surface area contributed by atoms with Gasteiger partial charge in [0, 0.05) is 41.2 Å². The van der Waals surface area contributed by atoms with E-state index in [1.165, 1.54) is 87.4 Å². The zero-order valence-electron chi connectivity index (χ0n) is 32.9. The highest BCUT2D eigenvalue weighted by molar-refractivity contribution is 7.99. The van der Waals surface area contributed by atoms with Crippen LogP contribution in [-0.2, 0) is 12.0 Å². The van der Waals surface area contributed by atoms with Crippen LogP contribution in [0.1, 0.15) is 75.1 Å². The molecule has 3 nitrogen and oxygen atoms in total. The molecule has 7 aromatic rings. The zero-order chi connectivity index (χ0) is 39.1. The third kappa shape index (κ3) is 5.26. The van der Waals surface area contributed by atoms with Crippen LogP contribution >= 0.6 is 11.8 Å². The quantitative estimate of drug-likeness (QED) is 0.193. The number of hydrogen-bond donors (Lipinski definition) is 1. The molecule has 0 saturated carbocycles. The number of benzene rings is 7. The van der Waals surface area contributed by atoms with Crippen molar-refractivity contribution in [2.45, 2.75) is 46.8 Å². The Labute approximate surface area is 350 Å². The van der Waals surface area contributed by atoms with Crippen molar-refractivity contribution < 1.29 is 0 Å². The summed E-state index contributed by atoms with van der Waals surface area (Å²) in [7, 11) is 2.21. The Balaban J connectivity index is 1.14. The first-order valence-corrected chi connectivity index (χ1v) is 21.7. The minimum Gasteiger partial charge on any atom is -0.666 e. The number of hydrogen-bond acceptors (Lipinski definition) is 3. The molecule has 4 heteroatoms. The molecule has 0 fully saturated rings. The van der Waals surface area contributed by atoms with E-state index in [1.54, 1.807) is 0 Å². The van der Waals surface area contributed by atoms with Crippen LogP contribution < -0.4 is 5.32 Å². The van der Waals surface area contributed by atoms with Gasteiger partial charge in [0.05, 0.1) is 5.41 Å². The lowest BCUT2D eigenvalue weighted by Crippen LogP contribution is -2.33. The number of rotatable bonds is 4. The molecular formula is C55H42N3S-. The maximum atomic E-state index is 5.70. The molecule has 1 N–H and O–H groups in total. The van der Waals surface area contributed by atoms with E-state index in [4.69, 9.17) is 5.32 Å². The van der Waals surface area contributed by atoms with Crippen molar-refractivity contribution in [3.8, 4) is 0 Å². The average Bonchev–Trinajstić information content (AvgIpc) is 3.59. The van der Waals surface area contributed by atoms with Gasteiger partial charge in [0.15, 0.2) is 0 Å². The van der Waals surface area contributed by atoms with Crippen LogP contribution in [0.25, 0.3) is 27.2 Å². The topological polar surface area (TPSA) is 29.4 Å². The predicted octanol–water partition coefficient (Wildman–Crippen LogP) is 13.3. The van der Waals surface area contributed by atoms with Gasteiger partial charge in [-0.05, 0) is 109 Å².